The van der Waals surface area contributed by atoms with Gasteiger partial charge in [0.1, 0.15) is 5.60 Å². The zero-order valence-corrected chi connectivity index (χ0v) is 13.8. The van der Waals surface area contributed by atoms with Crippen LogP contribution in [0.5, 0.6) is 0 Å². The van der Waals surface area contributed by atoms with Crippen molar-refractivity contribution in [3.05, 3.63) is 0 Å². The summed E-state index contributed by atoms with van der Waals surface area (Å²) in [7, 11) is 3.32. The van der Waals surface area contributed by atoms with E-state index in [0.717, 1.165) is 0 Å². The van der Waals surface area contributed by atoms with Gasteiger partial charge in [0.05, 0.1) is 0 Å². The van der Waals surface area contributed by atoms with Gasteiger partial charge in [-0.25, -0.2) is 0 Å². The molecule has 0 spiro atoms. The molecule has 23 heavy (non-hydrogen) atoms. The molecule has 2 fully saturated rings. The topological polar surface area (TPSA) is 69.6 Å². The van der Waals surface area contributed by atoms with Crippen molar-refractivity contribution in [3.63, 3.8) is 0 Å². The third-order valence-corrected chi connectivity index (χ3v) is 5.10. The van der Waals surface area contributed by atoms with Crippen molar-refractivity contribution < 1.29 is 23.5 Å². The minimum Gasteiger partial charge on any atom is -0.383 e. The lowest BCUT2D eigenvalue weighted by atomic mass is 9.84. The minimum absolute atomic E-state index is 0.0369. The van der Waals surface area contributed by atoms with Crippen molar-refractivity contribution >= 4 is 11.8 Å². The fourth-order valence-corrected chi connectivity index (χ4v) is 3.67. The van der Waals surface area contributed by atoms with Crippen molar-refractivity contribution in [1.82, 2.24) is 10.2 Å². The Labute approximate surface area is 135 Å². The van der Waals surface area contributed by atoms with Gasteiger partial charge in [-0.2, -0.15) is 8.78 Å². The summed E-state index contributed by atoms with van der Waals surface area (Å²) in [5.41, 5.74) is -2.23. The molecule has 132 valence electrons. The monoisotopic (exact) mass is 332 g/mol. The average Bonchev–Trinajstić information content (AvgIpc) is 2.95. The average molecular weight is 332 g/mol. The van der Waals surface area contributed by atoms with Crippen LogP contribution in [0, 0.1) is 5.92 Å². The first-order chi connectivity index (χ1) is 10.7. The zero-order chi connectivity index (χ0) is 17.3. The van der Waals surface area contributed by atoms with E-state index < -0.39 is 23.5 Å². The van der Waals surface area contributed by atoms with Crippen LogP contribution >= 0.6 is 0 Å². The van der Waals surface area contributed by atoms with Gasteiger partial charge in [0.25, 0.3) is 5.91 Å². The number of hydrogen-bond donors (Lipinski definition) is 2. The molecule has 0 aromatic heterocycles. The molecule has 2 aliphatic carbocycles. The standard InChI is InChI=1S/C16H26F2N2O3/c1-20(2)13(21)11-6-5-7-12(10-11)19-14(22)16(17,18)15(23)8-3-4-9-15/h11-12,23H,3-10H2,1-2H3,(H,19,22)/t11-,12-/m1/s1. The van der Waals surface area contributed by atoms with Crippen LogP contribution in [0.4, 0.5) is 8.78 Å². The number of aliphatic hydroxyl groups is 1. The fourth-order valence-electron chi connectivity index (χ4n) is 3.67. The second-order valence-corrected chi connectivity index (χ2v) is 7.08. The molecule has 2 saturated carbocycles. The van der Waals surface area contributed by atoms with Crippen LogP contribution in [-0.2, 0) is 9.59 Å². The second-order valence-electron chi connectivity index (χ2n) is 7.08. The van der Waals surface area contributed by atoms with E-state index in [1.807, 2.05) is 0 Å². The minimum atomic E-state index is -3.79. The molecular weight excluding hydrogens is 306 g/mol. The molecule has 0 unspecified atom stereocenters. The number of alkyl halides is 2. The maximum absolute atomic E-state index is 14.3. The van der Waals surface area contributed by atoms with E-state index in [2.05, 4.69) is 5.32 Å². The number of nitrogens with one attached hydrogen (secondary N) is 1. The third kappa shape index (κ3) is 3.65. The highest BCUT2D eigenvalue weighted by Crippen LogP contribution is 2.42. The molecule has 2 aliphatic rings. The smallest absolute Gasteiger partial charge is 0.352 e. The number of rotatable bonds is 4. The Bertz CT molecular complexity index is 462. The normalized spacial score (nSPS) is 27.5. The molecule has 0 aliphatic heterocycles. The molecule has 5 nitrogen and oxygen atoms in total. The molecule has 0 aromatic rings. The first-order valence-electron chi connectivity index (χ1n) is 8.30. The molecule has 0 radical (unpaired) electrons. The number of amides is 2. The number of carbonyl (C=O) groups is 2. The summed E-state index contributed by atoms with van der Waals surface area (Å²) < 4.78 is 28.6. The Morgan fingerprint density at radius 1 is 1.17 bits per heavy atom. The van der Waals surface area contributed by atoms with Crippen molar-refractivity contribution in [2.45, 2.75) is 68.9 Å². The molecule has 0 saturated heterocycles. The van der Waals surface area contributed by atoms with Crippen LogP contribution < -0.4 is 5.32 Å². The fraction of sp³-hybridized carbons (Fsp3) is 0.875. The van der Waals surface area contributed by atoms with E-state index in [-0.39, 0.29) is 24.7 Å². The van der Waals surface area contributed by atoms with Gasteiger partial charge in [0.2, 0.25) is 5.91 Å². The Morgan fingerprint density at radius 3 is 2.35 bits per heavy atom. The summed E-state index contributed by atoms with van der Waals surface area (Å²) >= 11 is 0. The number of halogens is 2. The van der Waals surface area contributed by atoms with Gasteiger partial charge in [-0.3, -0.25) is 9.59 Å². The number of carbonyl (C=O) groups excluding carboxylic acids is 2. The number of hydrogen-bond acceptors (Lipinski definition) is 3. The highest BCUT2D eigenvalue weighted by atomic mass is 19.3. The summed E-state index contributed by atoms with van der Waals surface area (Å²) in [6.07, 6.45) is 3.27. The highest BCUT2D eigenvalue weighted by Gasteiger charge is 2.59. The highest BCUT2D eigenvalue weighted by molar-refractivity contribution is 5.85. The lowest BCUT2D eigenvalue weighted by Crippen LogP contribution is -2.58. The SMILES string of the molecule is CN(C)C(=O)[C@@H]1CCC[C@@H](NC(=O)C(F)(F)C2(O)CCCC2)C1. The van der Waals surface area contributed by atoms with E-state index in [0.29, 0.717) is 38.5 Å². The summed E-state index contributed by atoms with van der Waals surface area (Å²) in [5.74, 6) is -5.48. The van der Waals surface area contributed by atoms with E-state index in [9.17, 15) is 23.5 Å². The van der Waals surface area contributed by atoms with Crippen molar-refractivity contribution in [1.29, 1.82) is 0 Å². The summed E-state index contributed by atoms with van der Waals surface area (Å²) in [4.78, 5) is 25.5. The number of nitrogens with zero attached hydrogens (tertiary/aromatic N) is 1. The van der Waals surface area contributed by atoms with Gasteiger partial charge < -0.3 is 15.3 Å². The largest absolute Gasteiger partial charge is 0.383 e. The predicted octanol–water partition coefficient (Wildman–Crippen LogP) is 1.69. The summed E-state index contributed by atoms with van der Waals surface area (Å²) in [6, 6.07) is -0.443. The molecule has 0 aromatic carbocycles. The first-order valence-corrected chi connectivity index (χ1v) is 8.30. The van der Waals surface area contributed by atoms with Crippen LogP contribution in [0.3, 0.4) is 0 Å². The molecule has 2 atom stereocenters. The predicted molar refractivity (Wildman–Crippen MR) is 80.9 cm³/mol. The first kappa shape index (κ1) is 18.1. The van der Waals surface area contributed by atoms with E-state index in [1.54, 1.807) is 14.1 Å². The molecule has 0 bridgehead atoms. The van der Waals surface area contributed by atoms with Crippen LogP contribution in [-0.4, -0.2) is 53.5 Å². The van der Waals surface area contributed by atoms with Crippen LogP contribution in [0.1, 0.15) is 51.4 Å². The van der Waals surface area contributed by atoms with Gasteiger partial charge in [0, 0.05) is 26.1 Å². The Kier molecular flexibility index (Phi) is 5.28. The van der Waals surface area contributed by atoms with Gasteiger partial charge in [0.15, 0.2) is 0 Å². The molecule has 0 heterocycles. The van der Waals surface area contributed by atoms with E-state index in [1.165, 1.54) is 4.90 Å². The Morgan fingerprint density at radius 2 is 1.78 bits per heavy atom. The van der Waals surface area contributed by atoms with Crippen molar-refractivity contribution in [2.75, 3.05) is 14.1 Å². The van der Waals surface area contributed by atoms with Crippen LogP contribution in [0.15, 0.2) is 0 Å². The maximum atomic E-state index is 14.3. The Balaban J connectivity index is 1.98. The van der Waals surface area contributed by atoms with Gasteiger partial charge in [-0.1, -0.05) is 19.3 Å². The maximum Gasteiger partial charge on any atom is 0.352 e. The third-order valence-electron chi connectivity index (χ3n) is 5.10. The quantitative estimate of drug-likeness (QED) is 0.823. The van der Waals surface area contributed by atoms with Crippen LogP contribution in [0.25, 0.3) is 0 Å². The van der Waals surface area contributed by atoms with Gasteiger partial charge in [-0.15, -0.1) is 0 Å². The van der Waals surface area contributed by atoms with Crippen molar-refractivity contribution in [2.24, 2.45) is 5.92 Å². The molecule has 2 amide bonds. The summed E-state index contributed by atoms with van der Waals surface area (Å²) in [6.45, 7) is 0. The lowest BCUT2D eigenvalue weighted by molar-refractivity contribution is -0.191. The van der Waals surface area contributed by atoms with Crippen LogP contribution in [0.2, 0.25) is 0 Å². The molecule has 2 N–H and O–H groups in total. The van der Waals surface area contributed by atoms with Gasteiger partial charge in [-0.05, 0) is 32.1 Å². The summed E-state index contributed by atoms with van der Waals surface area (Å²) in [5, 5.41) is 12.4. The van der Waals surface area contributed by atoms with Gasteiger partial charge >= 0.3 is 5.92 Å². The lowest BCUT2D eigenvalue weighted by Gasteiger charge is -2.34. The molecule has 2 rings (SSSR count). The van der Waals surface area contributed by atoms with Crippen molar-refractivity contribution in [3.8, 4) is 0 Å². The molecular formula is C16H26F2N2O3. The second kappa shape index (κ2) is 6.71. The Hall–Kier alpha value is -1.24. The zero-order valence-electron chi connectivity index (χ0n) is 13.8. The molecule has 7 heteroatoms. The van der Waals surface area contributed by atoms with E-state index in [4.69, 9.17) is 0 Å². The van der Waals surface area contributed by atoms with E-state index >= 15 is 0 Å².